The Hall–Kier alpha value is -1.36. The summed E-state index contributed by atoms with van der Waals surface area (Å²) in [5.74, 6) is -0.0223. The molecule has 0 bridgehead atoms. The largest absolute Gasteiger partial charge is 0.395 e. The summed E-state index contributed by atoms with van der Waals surface area (Å²) in [5, 5.41) is 13.1. The third-order valence-corrected chi connectivity index (χ3v) is 3.41. The van der Waals surface area contributed by atoms with Gasteiger partial charge in [0, 0.05) is 25.8 Å². The van der Waals surface area contributed by atoms with Crippen molar-refractivity contribution >= 4 is 5.91 Å². The average molecular weight is 237 g/mol. The maximum Gasteiger partial charge on any atom is 0.272 e. The number of aromatic nitrogens is 2. The van der Waals surface area contributed by atoms with E-state index in [1.54, 1.807) is 28.9 Å². The van der Waals surface area contributed by atoms with E-state index in [2.05, 4.69) is 5.10 Å². The summed E-state index contributed by atoms with van der Waals surface area (Å²) < 4.78 is 1.58. The van der Waals surface area contributed by atoms with Crippen molar-refractivity contribution in [2.24, 2.45) is 7.05 Å². The minimum atomic E-state index is -0.0223. The molecule has 0 aromatic carbocycles. The van der Waals surface area contributed by atoms with E-state index in [1.807, 2.05) is 0 Å². The van der Waals surface area contributed by atoms with E-state index in [4.69, 9.17) is 5.11 Å². The maximum atomic E-state index is 12.4. The second-order valence-corrected chi connectivity index (χ2v) is 4.50. The molecule has 1 aliphatic rings. The Morgan fingerprint density at radius 1 is 1.59 bits per heavy atom. The average Bonchev–Trinajstić information content (AvgIpc) is 2.95. The van der Waals surface area contributed by atoms with Crippen molar-refractivity contribution in [3.05, 3.63) is 18.0 Å². The molecule has 17 heavy (non-hydrogen) atoms. The van der Waals surface area contributed by atoms with E-state index >= 15 is 0 Å². The lowest BCUT2D eigenvalue weighted by atomic mass is 10.2. The number of rotatable bonds is 4. The molecule has 1 saturated carbocycles. The number of carbonyl (C=O) groups is 1. The van der Waals surface area contributed by atoms with E-state index in [-0.39, 0.29) is 18.6 Å². The molecule has 0 aliphatic heterocycles. The van der Waals surface area contributed by atoms with Gasteiger partial charge in [-0.1, -0.05) is 12.8 Å². The summed E-state index contributed by atoms with van der Waals surface area (Å²) in [7, 11) is 1.76. The summed E-state index contributed by atoms with van der Waals surface area (Å²) in [6.45, 7) is 0.425. The van der Waals surface area contributed by atoms with Crippen molar-refractivity contribution in [1.82, 2.24) is 14.7 Å². The van der Waals surface area contributed by atoms with Gasteiger partial charge in [-0.25, -0.2) is 0 Å². The van der Waals surface area contributed by atoms with Gasteiger partial charge in [0.05, 0.1) is 6.61 Å². The first kappa shape index (κ1) is 12.1. The van der Waals surface area contributed by atoms with Crippen LogP contribution in [0, 0.1) is 0 Å². The van der Waals surface area contributed by atoms with Gasteiger partial charge >= 0.3 is 0 Å². The van der Waals surface area contributed by atoms with Crippen LogP contribution in [-0.4, -0.2) is 44.9 Å². The molecule has 1 aliphatic carbocycles. The summed E-state index contributed by atoms with van der Waals surface area (Å²) in [6, 6.07) is 2.01. The van der Waals surface area contributed by atoms with Crippen LogP contribution in [-0.2, 0) is 7.05 Å². The van der Waals surface area contributed by atoms with Gasteiger partial charge in [-0.3, -0.25) is 9.48 Å². The maximum absolute atomic E-state index is 12.4. The number of hydrogen-bond acceptors (Lipinski definition) is 3. The fourth-order valence-electron chi connectivity index (χ4n) is 2.50. The monoisotopic (exact) mass is 237 g/mol. The molecule has 1 aromatic heterocycles. The van der Waals surface area contributed by atoms with Crippen molar-refractivity contribution in [2.75, 3.05) is 13.2 Å². The standard InChI is InChI=1S/C12H19N3O2/c1-14-11(6-7-13-14)12(17)15(8-9-16)10-4-2-3-5-10/h6-7,10,16H,2-5,8-9H2,1H3. The van der Waals surface area contributed by atoms with Crippen LogP contribution in [0.3, 0.4) is 0 Å². The zero-order chi connectivity index (χ0) is 12.3. The highest BCUT2D eigenvalue weighted by Gasteiger charge is 2.28. The number of aryl methyl sites for hydroxylation is 1. The van der Waals surface area contributed by atoms with E-state index in [0.29, 0.717) is 12.2 Å². The SMILES string of the molecule is Cn1nccc1C(=O)N(CCO)C1CCCC1. The minimum Gasteiger partial charge on any atom is -0.395 e. The molecule has 94 valence electrons. The Morgan fingerprint density at radius 3 is 2.82 bits per heavy atom. The molecule has 0 unspecified atom stereocenters. The molecule has 0 spiro atoms. The zero-order valence-corrected chi connectivity index (χ0v) is 10.2. The summed E-state index contributed by atoms with van der Waals surface area (Å²) in [5.41, 5.74) is 0.588. The van der Waals surface area contributed by atoms with Gasteiger partial charge in [-0.2, -0.15) is 5.10 Å². The van der Waals surface area contributed by atoms with Crippen LogP contribution in [0.2, 0.25) is 0 Å². The molecule has 0 radical (unpaired) electrons. The number of aliphatic hydroxyl groups is 1. The predicted molar refractivity (Wildman–Crippen MR) is 63.6 cm³/mol. The molecular weight excluding hydrogens is 218 g/mol. The molecule has 1 fully saturated rings. The third-order valence-electron chi connectivity index (χ3n) is 3.41. The highest BCUT2D eigenvalue weighted by atomic mass is 16.3. The van der Waals surface area contributed by atoms with Gasteiger partial charge in [-0.15, -0.1) is 0 Å². The topological polar surface area (TPSA) is 58.4 Å². The summed E-state index contributed by atoms with van der Waals surface area (Å²) >= 11 is 0. The van der Waals surface area contributed by atoms with Gasteiger partial charge in [0.15, 0.2) is 0 Å². The van der Waals surface area contributed by atoms with Gasteiger partial charge in [0.2, 0.25) is 0 Å². The Morgan fingerprint density at radius 2 is 2.29 bits per heavy atom. The van der Waals surface area contributed by atoms with Crippen molar-refractivity contribution in [3.8, 4) is 0 Å². The molecule has 0 saturated heterocycles. The third kappa shape index (κ3) is 2.49. The van der Waals surface area contributed by atoms with Crippen LogP contribution < -0.4 is 0 Å². The van der Waals surface area contributed by atoms with E-state index < -0.39 is 0 Å². The quantitative estimate of drug-likeness (QED) is 0.842. The highest BCUT2D eigenvalue weighted by Crippen LogP contribution is 2.24. The molecular formula is C12H19N3O2. The summed E-state index contributed by atoms with van der Waals surface area (Å²) in [6.07, 6.45) is 6.06. The van der Waals surface area contributed by atoms with E-state index in [9.17, 15) is 4.79 Å². The number of amides is 1. The molecule has 1 N–H and O–H groups in total. The number of carbonyl (C=O) groups excluding carboxylic acids is 1. The smallest absolute Gasteiger partial charge is 0.272 e. The van der Waals surface area contributed by atoms with Crippen LogP contribution >= 0.6 is 0 Å². The van der Waals surface area contributed by atoms with E-state index in [1.165, 1.54) is 12.8 Å². The first-order valence-electron chi connectivity index (χ1n) is 6.14. The normalized spacial score (nSPS) is 16.4. The molecule has 0 atom stereocenters. The van der Waals surface area contributed by atoms with Crippen LogP contribution in [0.25, 0.3) is 0 Å². The second-order valence-electron chi connectivity index (χ2n) is 4.50. The summed E-state index contributed by atoms with van der Waals surface area (Å²) in [4.78, 5) is 14.2. The number of aliphatic hydroxyl groups excluding tert-OH is 1. The van der Waals surface area contributed by atoms with Crippen LogP contribution in [0.5, 0.6) is 0 Å². The zero-order valence-electron chi connectivity index (χ0n) is 10.2. The molecule has 5 heteroatoms. The minimum absolute atomic E-state index is 0.0140. The Labute approximate surface area is 101 Å². The Balaban J connectivity index is 2.15. The fourth-order valence-corrected chi connectivity index (χ4v) is 2.50. The van der Waals surface area contributed by atoms with Crippen LogP contribution in [0.4, 0.5) is 0 Å². The molecule has 2 rings (SSSR count). The number of nitrogens with zero attached hydrogens (tertiary/aromatic N) is 3. The second kappa shape index (κ2) is 5.31. The van der Waals surface area contributed by atoms with Crippen LogP contribution in [0.1, 0.15) is 36.2 Å². The fraction of sp³-hybridized carbons (Fsp3) is 0.667. The van der Waals surface area contributed by atoms with Gasteiger partial charge < -0.3 is 10.0 Å². The lowest BCUT2D eigenvalue weighted by molar-refractivity contribution is 0.0627. The molecule has 5 nitrogen and oxygen atoms in total. The lowest BCUT2D eigenvalue weighted by Gasteiger charge is -2.28. The molecule has 1 heterocycles. The van der Waals surface area contributed by atoms with Crippen molar-refractivity contribution in [1.29, 1.82) is 0 Å². The first-order chi connectivity index (χ1) is 8.24. The highest BCUT2D eigenvalue weighted by molar-refractivity contribution is 5.92. The van der Waals surface area contributed by atoms with E-state index in [0.717, 1.165) is 12.8 Å². The van der Waals surface area contributed by atoms with Crippen molar-refractivity contribution in [3.63, 3.8) is 0 Å². The lowest BCUT2D eigenvalue weighted by Crippen LogP contribution is -2.41. The molecule has 1 amide bonds. The Bertz CT molecular complexity index is 383. The Kier molecular flexibility index (Phi) is 3.78. The van der Waals surface area contributed by atoms with Gasteiger partial charge in [-0.05, 0) is 18.9 Å². The predicted octanol–water partition coefficient (Wildman–Crippen LogP) is 0.797. The van der Waals surface area contributed by atoms with Gasteiger partial charge in [0.1, 0.15) is 5.69 Å². The first-order valence-corrected chi connectivity index (χ1v) is 6.14. The van der Waals surface area contributed by atoms with Gasteiger partial charge in [0.25, 0.3) is 5.91 Å². The van der Waals surface area contributed by atoms with Crippen LogP contribution in [0.15, 0.2) is 12.3 Å². The van der Waals surface area contributed by atoms with Crippen molar-refractivity contribution in [2.45, 2.75) is 31.7 Å². The molecule has 1 aromatic rings. The van der Waals surface area contributed by atoms with Crippen molar-refractivity contribution < 1.29 is 9.90 Å². The number of hydrogen-bond donors (Lipinski definition) is 1.